The largest absolute Gasteiger partial charge is 0.336 e. The van der Waals surface area contributed by atoms with E-state index in [1.165, 1.54) is 6.07 Å². The van der Waals surface area contributed by atoms with Crippen molar-refractivity contribution in [3.8, 4) is 0 Å². The fourth-order valence-corrected chi connectivity index (χ4v) is 3.44. The van der Waals surface area contributed by atoms with Crippen LogP contribution in [0.25, 0.3) is 0 Å². The van der Waals surface area contributed by atoms with E-state index in [0.717, 1.165) is 9.64 Å². The summed E-state index contributed by atoms with van der Waals surface area (Å²) < 4.78 is 28.0. The maximum absolute atomic E-state index is 13.8. The lowest BCUT2D eigenvalue weighted by atomic mass is 10.1. The van der Waals surface area contributed by atoms with Gasteiger partial charge in [0, 0.05) is 41.9 Å². The summed E-state index contributed by atoms with van der Waals surface area (Å²) in [5.74, 6) is -1.58. The first-order chi connectivity index (χ1) is 11.6. The van der Waals surface area contributed by atoms with E-state index in [1.54, 1.807) is 6.07 Å². The van der Waals surface area contributed by atoms with Crippen LogP contribution in [-0.2, 0) is 6.54 Å². The minimum absolute atomic E-state index is 0.0246. The van der Waals surface area contributed by atoms with Gasteiger partial charge in [-0.25, -0.2) is 8.78 Å². The molecule has 2 aromatic carbocycles. The Morgan fingerprint density at radius 3 is 2.42 bits per heavy atom. The van der Waals surface area contributed by atoms with Crippen molar-refractivity contribution in [2.24, 2.45) is 0 Å². The van der Waals surface area contributed by atoms with Gasteiger partial charge >= 0.3 is 0 Å². The first-order valence-electron chi connectivity index (χ1n) is 7.75. The maximum Gasteiger partial charge on any atom is 0.255 e. The number of benzene rings is 2. The van der Waals surface area contributed by atoms with Crippen molar-refractivity contribution < 1.29 is 13.6 Å². The van der Waals surface area contributed by atoms with Crippen molar-refractivity contribution in [2.75, 3.05) is 26.2 Å². The quantitative estimate of drug-likeness (QED) is 0.680. The third kappa shape index (κ3) is 3.75. The van der Waals surface area contributed by atoms with Crippen LogP contribution in [0.4, 0.5) is 8.78 Å². The third-order valence-corrected chi connectivity index (χ3v) is 5.13. The Hall–Kier alpha value is -1.54. The van der Waals surface area contributed by atoms with Crippen LogP contribution in [0.5, 0.6) is 0 Å². The zero-order valence-corrected chi connectivity index (χ0v) is 15.2. The molecule has 6 heteroatoms. The van der Waals surface area contributed by atoms with Crippen LogP contribution in [0.3, 0.4) is 0 Å². The predicted molar refractivity (Wildman–Crippen MR) is 96.7 cm³/mol. The normalized spacial score (nSPS) is 15.5. The van der Waals surface area contributed by atoms with E-state index in [9.17, 15) is 13.6 Å². The van der Waals surface area contributed by atoms with Crippen LogP contribution in [0.15, 0.2) is 42.5 Å². The molecule has 24 heavy (non-hydrogen) atoms. The SMILES string of the molecule is O=C(c1ccccc1I)N1CCN(Cc2cccc(F)c2F)CC1. The molecule has 0 aromatic heterocycles. The van der Waals surface area contributed by atoms with Gasteiger partial charge in [0.25, 0.3) is 5.91 Å². The molecule has 0 saturated carbocycles. The lowest BCUT2D eigenvalue weighted by molar-refractivity contribution is 0.0626. The minimum Gasteiger partial charge on any atom is -0.336 e. The fraction of sp³-hybridized carbons (Fsp3) is 0.278. The number of hydrogen-bond acceptors (Lipinski definition) is 2. The molecule has 0 atom stereocenters. The summed E-state index contributed by atoms with van der Waals surface area (Å²) in [5.41, 5.74) is 1.06. The molecule has 1 fully saturated rings. The Morgan fingerprint density at radius 2 is 1.71 bits per heavy atom. The van der Waals surface area contributed by atoms with Crippen molar-refractivity contribution in [1.29, 1.82) is 0 Å². The van der Waals surface area contributed by atoms with Crippen molar-refractivity contribution >= 4 is 28.5 Å². The second-order valence-corrected chi connectivity index (χ2v) is 6.92. The van der Waals surface area contributed by atoms with E-state index < -0.39 is 11.6 Å². The molecular formula is C18H17F2IN2O. The smallest absolute Gasteiger partial charge is 0.255 e. The molecular weight excluding hydrogens is 425 g/mol. The average Bonchev–Trinajstić information content (AvgIpc) is 2.59. The van der Waals surface area contributed by atoms with Crippen LogP contribution in [-0.4, -0.2) is 41.9 Å². The van der Waals surface area contributed by atoms with E-state index >= 15 is 0 Å². The second-order valence-electron chi connectivity index (χ2n) is 5.76. The molecule has 3 rings (SSSR count). The van der Waals surface area contributed by atoms with Gasteiger partial charge in [-0.1, -0.05) is 24.3 Å². The molecule has 0 unspecified atom stereocenters. The number of rotatable bonds is 3. The van der Waals surface area contributed by atoms with Gasteiger partial charge in [-0.15, -0.1) is 0 Å². The monoisotopic (exact) mass is 442 g/mol. The zero-order chi connectivity index (χ0) is 17.1. The maximum atomic E-state index is 13.8. The Bertz CT molecular complexity index is 746. The van der Waals surface area contributed by atoms with Crippen LogP contribution in [0, 0.1) is 15.2 Å². The van der Waals surface area contributed by atoms with E-state index in [2.05, 4.69) is 22.6 Å². The number of amides is 1. The Labute approximate surface area is 153 Å². The first kappa shape index (κ1) is 17.3. The molecule has 1 heterocycles. The highest BCUT2D eigenvalue weighted by molar-refractivity contribution is 14.1. The van der Waals surface area contributed by atoms with E-state index in [-0.39, 0.29) is 5.91 Å². The van der Waals surface area contributed by atoms with Gasteiger partial charge in [-0.3, -0.25) is 9.69 Å². The van der Waals surface area contributed by atoms with Gasteiger partial charge in [0.1, 0.15) is 0 Å². The highest BCUT2D eigenvalue weighted by Crippen LogP contribution is 2.18. The lowest BCUT2D eigenvalue weighted by Gasteiger charge is -2.35. The summed E-state index contributed by atoms with van der Waals surface area (Å²) >= 11 is 2.16. The number of halogens is 3. The van der Waals surface area contributed by atoms with Crippen LogP contribution < -0.4 is 0 Å². The number of carbonyl (C=O) groups is 1. The number of nitrogens with zero attached hydrogens (tertiary/aromatic N) is 2. The highest BCUT2D eigenvalue weighted by Gasteiger charge is 2.24. The van der Waals surface area contributed by atoms with Crippen molar-refractivity contribution in [3.63, 3.8) is 0 Å². The summed E-state index contributed by atoms with van der Waals surface area (Å²) in [5, 5.41) is 0. The molecule has 2 aromatic rings. The molecule has 1 amide bonds. The molecule has 1 aliphatic heterocycles. The van der Waals surface area contributed by atoms with Crippen molar-refractivity contribution in [1.82, 2.24) is 9.80 Å². The highest BCUT2D eigenvalue weighted by atomic mass is 127. The fourth-order valence-electron chi connectivity index (χ4n) is 2.83. The molecule has 126 valence electrons. The third-order valence-electron chi connectivity index (χ3n) is 4.19. The summed E-state index contributed by atoms with van der Waals surface area (Å²) in [4.78, 5) is 16.4. The van der Waals surface area contributed by atoms with Crippen molar-refractivity contribution in [3.05, 3.63) is 68.8 Å². The standard InChI is InChI=1S/C18H17F2IN2O/c19-15-6-3-4-13(17(15)20)12-22-8-10-23(11-9-22)18(24)14-5-1-2-7-16(14)21/h1-7H,8-12H2. The van der Waals surface area contributed by atoms with Gasteiger partial charge in [-0.05, 0) is 40.8 Å². The van der Waals surface area contributed by atoms with E-state index in [0.29, 0.717) is 43.9 Å². The van der Waals surface area contributed by atoms with Crippen LogP contribution in [0.1, 0.15) is 15.9 Å². The van der Waals surface area contributed by atoms with Gasteiger partial charge in [0.15, 0.2) is 11.6 Å². The van der Waals surface area contributed by atoms with Gasteiger partial charge < -0.3 is 4.90 Å². The molecule has 0 aliphatic carbocycles. The molecule has 0 radical (unpaired) electrons. The Kier molecular flexibility index (Phi) is 5.45. The average molecular weight is 442 g/mol. The molecule has 3 nitrogen and oxygen atoms in total. The number of hydrogen-bond donors (Lipinski definition) is 0. The van der Waals surface area contributed by atoms with Crippen molar-refractivity contribution in [2.45, 2.75) is 6.54 Å². The van der Waals surface area contributed by atoms with E-state index in [1.807, 2.05) is 34.1 Å². The molecule has 0 spiro atoms. The van der Waals surface area contributed by atoms with Gasteiger partial charge in [-0.2, -0.15) is 0 Å². The molecule has 1 aliphatic rings. The van der Waals surface area contributed by atoms with Gasteiger partial charge in [0.05, 0.1) is 5.56 Å². The summed E-state index contributed by atoms with van der Waals surface area (Å²) in [7, 11) is 0. The molecule has 0 bridgehead atoms. The van der Waals surface area contributed by atoms with Gasteiger partial charge in [0.2, 0.25) is 0 Å². The van der Waals surface area contributed by atoms with Crippen LogP contribution >= 0.6 is 22.6 Å². The number of piperazine rings is 1. The molecule has 0 N–H and O–H groups in total. The summed E-state index contributed by atoms with van der Waals surface area (Å²) in [6.45, 7) is 2.81. The Morgan fingerprint density at radius 1 is 1.00 bits per heavy atom. The number of carbonyl (C=O) groups excluding carboxylic acids is 1. The summed E-state index contributed by atoms with van der Waals surface area (Å²) in [6, 6.07) is 11.8. The first-order valence-corrected chi connectivity index (χ1v) is 8.83. The topological polar surface area (TPSA) is 23.6 Å². The summed E-state index contributed by atoms with van der Waals surface area (Å²) in [6.07, 6.45) is 0. The zero-order valence-electron chi connectivity index (χ0n) is 13.0. The predicted octanol–water partition coefficient (Wildman–Crippen LogP) is 3.53. The minimum atomic E-state index is -0.819. The second kappa shape index (κ2) is 7.57. The Balaban J connectivity index is 1.61. The lowest BCUT2D eigenvalue weighted by Crippen LogP contribution is -2.48. The van der Waals surface area contributed by atoms with Crippen LogP contribution in [0.2, 0.25) is 0 Å². The molecule has 1 saturated heterocycles. The van der Waals surface area contributed by atoms with E-state index in [4.69, 9.17) is 0 Å².